The van der Waals surface area contributed by atoms with Crippen LogP contribution >= 0.6 is 41.5 Å². The van der Waals surface area contributed by atoms with Crippen molar-refractivity contribution in [1.82, 2.24) is 19.8 Å². The summed E-state index contributed by atoms with van der Waals surface area (Å²) < 4.78 is 50.6. The molecule has 0 fully saturated rings. The highest BCUT2D eigenvalue weighted by atomic mass is 32.7. The van der Waals surface area contributed by atoms with E-state index in [1.54, 1.807) is 60.4 Å². The van der Waals surface area contributed by atoms with Crippen molar-refractivity contribution in [1.29, 1.82) is 0 Å². The predicted molar refractivity (Wildman–Crippen MR) is 231 cm³/mol. The number of hydrogen-bond donors (Lipinski definition) is 3. The molecule has 6 atom stereocenters. The lowest BCUT2D eigenvalue weighted by atomic mass is 9.94. The summed E-state index contributed by atoms with van der Waals surface area (Å²) in [4.78, 5) is 0. The molecule has 55 heavy (non-hydrogen) atoms. The van der Waals surface area contributed by atoms with Crippen molar-refractivity contribution in [3.05, 3.63) is 102 Å². The van der Waals surface area contributed by atoms with Gasteiger partial charge < -0.3 is 23.4 Å². The number of methoxy groups -OCH3 is 1. The van der Waals surface area contributed by atoms with Crippen LogP contribution in [-0.4, -0.2) is 87.0 Å². The lowest BCUT2D eigenvalue weighted by Crippen LogP contribution is -2.34. The van der Waals surface area contributed by atoms with Gasteiger partial charge in [-0.15, -0.1) is 5.10 Å². The summed E-state index contributed by atoms with van der Waals surface area (Å²) >= 11 is 15.8. The van der Waals surface area contributed by atoms with Crippen molar-refractivity contribution in [2.75, 3.05) is 49.0 Å². The molecular weight excluding hydrogens is 841 g/mol. The third-order valence-electron chi connectivity index (χ3n) is 8.06. The number of thiol groups is 1. The SMILES string of the molecule is COc1ccc(/C=N/N(C)P(S)OC2C=CC(CNN(C)[P+](=S)Oc3ccc(/C=N/N(C)[P+](=S)Oc4ccc(C(O)P(=O)(OC)OC)cc4)cc3)CC2)cc1. The first-order chi connectivity index (χ1) is 26.3. The van der Waals surface area contributed by atoms with E-state index in [1.165, 1.54) is 14.2 Å². The predicted octanol–water partition coefficient (Wildman–Crippen LogP) is 8.35. The Hall–Kier alpha value is -2.45. The van der Waals surface area contributed by atoms with E-state index in [0.717, 1.165) is 36.3 Å². The van der Waals surface area contributed by atoms with Gasteiger partial charge in [0, 0.05) is 27.8 Å². The number of hydrazine groups is 1. The smallest absolute Gasteiger partial charge is 0.497 e. The number of nitrogens with zero attached hydrogens (tertiary/aromatic N) is 5. The van der Waals surface area contributed by atoms with E-state index in [9.17, 15) is 9.67 Å². The van der Waals surface area contributed by atoms with Crippen LogP contribution in [-0.2, 0) is 41.8 Å². The minimum Gasteiger partial charge on any atom is -0.497 e. The molecule has 0 heterocycles. The normalized spacial score (nSPS) is 17.6. The van der Waals surface area contributed by atoms with Crippen LogP contribution in [0, 0.1) is 5.92 Å². The van der Waals surface area contributed by atoms with Crippen LogP contribution in [0.1, 0.15) is 35.4 Å². The molecule has 14 nitrogen and oxygen atoms in total. The summed E-state index contributed by atoms with van der Waals surface area (Å²) in [6.45, 7) is 0.721. The van der Waals surface area contributed by atoms with E-state index in [-0.39, 0.29) is 6.10 Å². The fraction of sp³-hybridized carbons (Fsp3) is 0.353. The average Bonchev–Trinajstić information content (AvgIpc) is 3.21. The topological polar surface area (TPSA) is 139 Å². The largest absolute Gasteiger partial charge is 0.540 e. The van der Waals surface area contributed by atoms with E-state index in [1.807, 2.05) is 67.4 Å². The summed E-state index contributed by atoms with van der Waals surface area (Å²) in [7, 11) is 1.77. The first kappa shape index (κ1) is 45.3. The summed E-state index contributed by atoms with van der Waals surface area (Å²) in [5, 5.41) is 19.3. The zero-order chi connectivity index (χ0) is 40.0. The molecule has 0 aliphatic heterocycles. The van der Waals surface area contributed by atoms with Crippen molar-refractivity contribution in [2.45, 2.75) is 24.8 Å². The lowest BCUT2D eigenvalue weighted by molar-refractivity contribution is 0.176. The standard InChI is InChI=1S/C34H46N6O8P4S3/c1-38(35-23-26-7-15-30(43-4)16-8-26)49(53)46-31-17-9-27(10-18-31)24-36-39(2)50(54)47-32-19-11-28(12-20-32)25-37-40(3)51(55)48-33-21-13-29(14-22-33)34(41)52(42,44-5)45-6/h7-9,11-17,19-23,25,27,31,34,36,41,53H,10,18,24H2,1-6H3/q+2/b35-23+,37-25+. The molecule has 0 aromatic heterocycles. The summed E-state index contributed by atoms with van der Waals surface area (Å²) in [6.07, 6.45) is 9.53. The van der Waals surface area contributed by atoms with E-state index in [4.69, 9.17) is 51.0 Å². The molecule has 0 spiro atoms. The van der Waals surface area contributed by atoms with Crippen molar-refractivity contribution in [3.63, 3.8) is 0 Å². The van der Waals surface area contributed by atoms with Crippen LogP contribution in [0.4, 0.5) is 0 Å². The molecule has 0 bridgehead atoms. The quantitative estimate of drug-likeness (QED) is 0.0311. The second-order valence-electron chi connectivity index (χ2n) is 11.8. The Bertz CT molecular complexity index is 1840. The number of hydrazone groups is 2. The summed E-state index contributed by atoms with van der Waals surface area (Å²) in [5.74, 6) is 0.817. The summed E-state index contributed by atoms with van der Waals surface area (Å²) in [5.41, 5.74) is 5.55. The van der Waals surface area contributed by atoms with Gasteiger partial charge in [-0.05, 0) is 101 Å². The van der Waals surface area contributed by atoms with Gasteiger partial charge in [-0.1, -0.05) is 41.3 Å². The molecule has 1 aliphatic carbocycles. The maximum Gasteiger partial charge on any atom is 0.540 e. The van der Waals surface area contributed by atoms with Gasteiger partial charge in [0.2, 0.25) is 31.1 Å². The molecule has 21 heteroatoms. The number of ether oxygens (including phenoxy) is 1. The third-order valence-corrected chi connectivity index (χ3v) is 15.9. The molecule has 3 aromatic carbocycles. The van der Waals surface area contributed by atoms with Gasteiger partial charge in [0.05, 0.1) is 39.7 Å². The van der Waals surface area contributed by atoms with Gasteiger partial charge in [-0.2, -0.15) is 5.10 Å². The minimum atomic E-state index is -3.69. The van der Waals surface area contributed by atoms with E-state index >= 15 is 0 Å². The van der Waals surface area contributed by atoms with Crippen LogP contribution in [0.25, 0.3) is 0 Å². The Labute approximate surface area is 341 Å². The zero-order valence-corrected chi connectivity index (χ0v) is 37.3. The fourth-order valence-corrected chi connectivity index (χ4v) is 9.03. The fourth-order valence-electron chi connectivity index (χ4n) is 4.76. The second-order valence-corrected chi connectivity index (χ2v) is 20.8. The molecule has 1 aliphatic rings. The van der Waals surface area contributed by atoms with Crippen molar-refractivity contribution < 1.29 is 37.0 Å². The van der Waals surface area contributed by atoms with Gasteiger partial charge in [0.1, 0.15) is 5.75 Å². The number of aliphatic hydroxyl groups is 1. The van der Waals surface area contributed by atoms with Gasteiger partial charge in [-0.3, -0.25) is 13.6 Å². The number of nitrogens with one attached hydrogen (secondary N) is 1. The van der Waals surface area contributed by atoms with E-state index in [0.29, 0.717) is 23.0 Å². The van der Waals surface area contributed by atoms with Crippen LogP contribution in [0.5, 0.6) is 17.2 Å². The summed E-state index contributed by atoms with van der Waals surface area (Å²) in [6, 6.07) is 21.5. The molecule has 0 saturated heterocycles. The highest BCUT2D eigenvalue weighted by Gasteiger charge is 2.34. The number of rotatable bonds is 21. The molecule has 2 N–H and O–H groups in total. The Balaban J connectivity index is 1.16. The molecule has 0 amide bonds. The molecular formula is C34H46N6O8P4S3+2. The Morgan fingerprint density at radius 1 is 0.873 bits per heavy atom. The minimum absolute atomic E-state index is 0.0240. The molecule has 0 saturated carbocycles. The molecule has 0 radical (unpaired) electrons. The zero-order valence-electron chi connectivity index (χ0n) is 31.2. The van der Waals surface area contributed by atoms with E-state index in [2.05, 4.69) is 40.0 Å². The molecule has 4 rings (SSSR count). The number of aliphatic hydroxyl groups excluding tert-OH is 1. The van der Waals surface area contributed by atoms with E-state index < -0.39 is 35.1 Å². The van der Waals surface area contributed by atoms with Crippen LogP contribution < -0.4 is 19.2 Å². The third kappa shape index (κ3) is 14.2. The monoisotopic (exact) mass is 886 g/mol. The second kappa shape index (κ2) is 22.5. The maximum absolute atomic E-state index is 12.5. The number of benzene rings is 3. The average molecular weight is 887 g/mol. The molecule has 3 aromatic rings. The first-order valence-electron chi connectivity index (χ1n) is 16.7. The highest BCUT2D eigenvalue weighted by molar-refractivity contribution is 8.42. The van der Waals surface area contributed by atoms with Crippen LogP contribution in [0.3, 0.4) is 0 Å². The van der Waals surface area contributed by atoms with Crippen LogP contribution in [0.15, 0.2) is 95.2 Å². The van der Waals surface area contributed by atoms with Gasteiger partial charge in [0.15, 0.2) is 17.3 Å². The highest BCUT2D eigenvalue weighted by Crippen LogP contribution is 2.58. The Morgan fingerprint density at radius 3 is 1.96 bits per heavy atom. The van der Waals surface area contributed by atoms with Crippen molar-refractivity contribution >= 4 is 77.5 Å². The van der Waals surface area contributed by atoms with Gasteiger partial charge in [0.25, 0.3) is 0 Å². The Kier molecular flexibility index (Phi) is 18.5. The maximum atomic E-state index is 12.5. The molecule has 6 unspecified atom stereocenters. The number of hydrogen-bond acceptors (Lipinski definition) is 15. The first-order valence-corrected chi connectivity index (χ1v) is 25.2. The van der Waals surface area contributed by atoms with Gasteiger partial charge >= 0.3 is 21.7 Å². The van der Waals surface area contributed by atoms with Gasteiger partial charge in [-0.25, -0.2) is 10.2 Å². The molecule has 296 valence electrons. The lowest BCUT2D eigenvalue weighted by Gasteiger charge is -2.27. The van der Waals surface area contributed by atoms with Crippen molar-refractivity contribution in [3.8, 4) is 17.2 Å². The van der Waals surface area contributed by atoms with Crippen molar-refractivity contribution in [2.24, 2.45) is 16.1 Å². The Morgan fingerprint density at radius 2 is 1.42 bits per heavy atom. The van der Waals surface area contributed by atoms with Crippen LogP contribution in [0.2, 0.25) is 0 Å².